The van der Waals surface area contributed by atoms with Gasteiger partial charge in [0.2, 0.25) is 0 Å². The van der Waals surface area contributed by atoms with E-state index in [1.807, 2.05) is 6.07 Å². The number of aryl methyl sites for hydroxylation is 2. The van der Waals surface area contributed by atoms with Crippen molar-refractivity contribution in [1.29, 1.82) is 0 Å². The zero-order valence-electron chi connectivity index (χ0n) is 14.2. The van der Waals surface area contributed by atoms with E-state index >= 15 is 0 Å². The third-order valence-electron chi connectivity index (χ3n) is 4.81. The predicted molar refractivity (Wildman–Crippen MR) is 96.6 cm³/mol. The van der Waals surface area contributed by atoms with Crippen LogP contribution in [0.2, 0.25) is 0 Å². The molecule has 1 aliphatic heterocycles. The molecule has 0 radical (unpaired) electrons. The van der Waals surface area contributed by atoms with Gasteiger partial charge in [0, 0.05) is 19.5 Å². The lowest BCUT2D eigenvalue weighted by molar-refractivity contribution is 0.539. The summed E-state index contributed by atoms with van der Waals surface area (Å²) in [5.74, 6) is 2.90. The van der Waals surface area contributed by atoms with Crippen LogP contribution in [0.15, 0.2) is 43.0 Å². The number of rotatable bonds is 4. The maximum Gasteiger partial charge on any atom is 0.182 e. The average molecular weight is 346 g/mol. The van der Waals surface area contributed by atoms with Crippen LogP contribution in [0.5, 0.6) is 0 Å². The van der Waals surface area contributed by atoms with Crippen molar-refractivity contribution in [3.05, 3.63) is 60.2 Å². The second kappa shape index (κ2) is 6.21. The molecule has 26 heavy (non-hydrogen) atoms. The zero-order valence-corrected chi connectivity index (χ0v) is 14.2. The van der Waals surface area contributed by atoms with Gasteiger partial charge in [-0.3, -0.25) is 0 Å². The molecular formula is C18H18N8. The fraction of sp³-hybridized carbons (Fsp3) is 0.278. The Labute approximate surface area is 150 Å². The van der Waals surface area contributed by atoms with E-state index in [0.717, 1.165) is 48.9 Å². The van der Waals surface area contributed by atoms with Crippen LogP contribution in [0.1, 0.15) is 17.2 Å². The van der Waals surface area contributed by atoms with E-state index in [4.69, 9.17) is 0 Å². The van der Waals surface area contributed by atoms with Gasteiger partial charge in [0.15, 0.2) is 17.3 Å². The summed E-state index contributed by atoms with van der Waals surface area (Å²) in [7, 11) is 0. The second-order valence-electron chi connectivity index (χ2n) is 6.39. The fourth-order valence-corrected chi connectivity index (χ4v) is 3.48. The maximum absolute atomic E-state index is 4.44. The number of fused-ring (bicyclic) bond motifs is 2. The Morgan fingerprint density at radius 1 is 0.962 bits per heavy atom. The van der Waals surface area contributed by atoms with E-state index in [2.05, 4.69) is 63.9 Å². The number of aromatic amines is 1. The number of benzene rings is 1. The van der Waals surface area contributed by atoms with Gasteiger partial charge in [-0.15, -0.1) is 10.2 Å². The summed E-state index contributed by atoms with van der Waals surface area (Å²) in [6, 6.07) is 10.5. The normalized spacial score (nSPS) is 13.9. The molecule has 4 heterocycles. The molecule has 0 spiro atoms. The van der Waals surface area contributed by atoms with E-state index in [1.54, 1.807) is 12.7 Å². The summed E-state index contributed by atoms with van der Waals surface area (Å²) in [4.78, 5) is 18.2. The van der Waals surface area contributed by atoms with Crippen molar-refractivity contribution in [2.75, 3.05) is 11.4 Å². The molecule has 0 aliphatic carbocycles. The third-order valence-corrected chi connectivity index (χ3v) is 4.81. The van der Waals surface area contributed by atoms with Gasteiger partial charge in [0.05, 0.1) is 12.9 Å². The number of hydrogen-bond acceptors (Lipinski definition) is 6. The number of nitrogens with zero attached hydrogens (tertiary/aromatic N) is 7. The lowest BCUT2D eigenvalue weighted by Gasteiger charge is -2.28. The van der Waals surface area contributed by atoms with Crippen molar-refractivity contribution in [3.8, 4) is 0 Å². The fourth-order valence-electron chi connectivity index (χ4n) is 3.48. The summed E-state index contributed by atoms with van der Waals surface area (Å²) in [5.41, 5.74) is 2.88. The van der Waals surface area contributed by atoms with Crippen LogP contribution in [0.25, 0.3) is 11.2 Å². The Kier molecular flexibility index (Phi) is 3.59. The highest BCUT2D eigenvalue weighted by Crippen LogP contribution is 2.24. The number of aromatic nitrogens is 7. The van der Waals surface area contributed by atoms with Gasteiger partial charge >= 0.3 is 0 Å². The molecule has 130 valence electrons. The summed E-state index contributed by atoms with van der Waals surface area (Å²) < 4.78 is 2.24. The van der Waals surface area contributed by atoms with Crippen molar-refractivity contribution in [2.24, 2.45) is 0 Å². The van der Waals surface area contributed by atoms with Gasteiger partial charge < -0.3 is 14.5 Å². The SMILES string of the molecule is c1ccc(CCc2nnc3n2CCN(c2ncnc4nc[nH]c24)C3)cc1. The minimum Gasteiger partial charge on any atom is -0.345 e. The van der Waals surface area contributed by atoms with E-state index in [9.17, 15) is 0 Å². The summed E-state index contributed by atoms with van der Waals surface area (Å²) in [6.45, 7) is 2.39. The first-order valence-electron chi connectivity index (χ1n) is 8.72. The molecule has 1 aliphatic rings. The summed E-state index contributed by atoms with van der Waals surface area (Å²) in [6.07, 6.45) is 5.08. The van der Waals surface area contributed by atoms with Crippen LogP contribution in [0.4, 0.5) is 5.82 Å². The first-order valence-corrected chi connectivity index (χ1v) is 8.72. The van der Waals surface area contributed by atoms with Crippen molar-refractivity contribution >= 4 is 17.0 Å². The van der Waals surface area contributed by atoms with E-state index < -0.39 is 0 Å². The molecule has 0 saturated carbocycles. The lowest BCUT2D eigenvalue weighted by atomic mass is 10.1. The minimum absolute atomic E-state index is 0.684. The van der Waals surface area contributed by atoms with Crippen LogP contribution >= 0.6 is 0 Å². The second-order valence-corrected chi connectivity index (χ2v) is 6.39. The summed E-state index contributed by atoms with van der Waals surface area (Å²) in [5, 5.41) is 8.84. The highest BCUT2D eigenvalue weighted by molar-refractivity contribution is 5.82. The molecule has 8 heteroatoms. The van der Waals surface area contributed by atoms with Crippen molar-refractivity contribution in [3.63, 3.8) is 0 Å². The Morgan fingerprint density at radius 3 is 2.81 bits per heavy atom. The van der Waals surface area contributed by atoms with Gasteiger partial charge in [0.25, 0.3) is 0 Å². The predicted octanol–water partition coefficient (Wildman–Crippen LogP) is 1.75. The highest BCUT2D eigenvalue weighted by Gasteiger charge is 2.23. The van der Waals surface area contributed by atoms with Crippen molar-refractivity contribution < 1.29 is 0 Å². The molecule has 1 N–H and O–H groups in total. The molecule has 3 aromatic heterocycles. The first-order chi connectivity index (χ1) is 12.9. The molecule has 4 aromatic rings. The maximum atomic E-state index is 4.44. The van der Waals surface area contributed by atoms with Crippen LogP contribution in [-0.4, -0.2) is 41.2 Å². The molecule has 0 bridgehead atoms. The van der Waals surface area contributed by atoms with E-state index in [1.165, 1.54) is 5.56 Å². The molecular weight excluding hydrogens is 328 g/mol. The van der Waals surface area contributed by atoms with Crippen LogP contribution in [-0.2, 0) is 25.9 Å². The molecule has 0 amide bonds. The topological polar surface area (TPSA) is 88.4 Å². The zero-order chi connectivity index (χ0) is 17.3. The number of imidazole rings is 1. The average Bonchev–Trinajstić information content (AvgIpc) is 3.33. The molecule has 5 rings (SSSR count). The lowest BCUT2D eigenvalue weighted by Crippen LogP contribution is -2.35. The van der Waals surface area contributed by atoms with Crippen LogP contribution in [0.3, 0.4) is 0 Å². The van der Waals surface area contributed by atoms with Gasteiger partial charge in [0.1, 0.15) is 17.7 Å². The molecule has 0 saturated heterocycles. The number of hydrogen-bond donors (Lipinski definition) is 1. The molecule has 0 unspecified atom stereocenters. The van der Waals surface area contributed by atoms with Gasteiger partial charge in [-0.05, 0) is 12.0 Å². The first kappa shape index (κ1) is 15.0. The van der Waals surface area contributed by atoms with Crippen LogP contribution in [0, 0.1) is 0 Å². The number of H-pyrrole nitrogens is 1. The third kappa shape index (κ3) is 2.59. The minimum atomic E-state index is 0.684. The molecule has 0 atom stereocenters. The highest BCUT2D eigenvalue weighted by atomic mass is 15.4. The van der Waals surface area contributed by atoms with Gasteiger partial charge in [-0.25, -0.2) is 15.0 Å². The Bertz CT molecular complexity index is 1040. The standard InChI is InChI=1S/C18H18N8/c1-2-4-13(5-3-1)6-7-14-23-24-15-10-25(8-9-26(14)15)18-16-17(20-11-19-16)21-12-22-18/h1-5,11-12H,6-10H2,(H,19,20,21,22). The smallest absolute Gasteiger partial charge is 0.182 e. The van der Waals surface area contributed by atoms with Gasteiger partial charge in [-0.1, -0.05) is 30.3 Å². The summed E-state index contributed by atoms with van der Waals surface area (Å²) >= 11 is 0. The van der Waals surface area contributed by atoms with E-state index in [-0.39, 0.29) is 0 Å². The Morgan fingerprint density at radius 2 is 1.88 bits per heavy atom. The van der Waals surface area contributed by atoms with E-state index in [0.29, 0.717) is 12.2 Å². The largest absolute Gasteiger partial charge is 0.345 e. The Balaban J connectivity index is 1.36. The Hall–Kier alpha value is -3.29. The molecule has 1 aromatic carbocycles. The monoisotopic (exact) mass is 346 g/mol. The quantitative estimate of drug-likeness (QED) is 0.606. The molecule has 0 fully saturated rings. The number of anilines is 1. The van der Waals surface area contributed by atoms with Crippen LogP contribution < -0.4 is 4.90 Å². The van der Waals surface area contributed by atoms with Crippen molar-refractivity contribution in [1.82, 2.24) is 34.7 Å². The molecule has 8 nitrogen and oxygen atoms in total. The van der Waals surface area contributed by atoms with Gasteiger partial charge in [-0.2, -0.15) is 0 Å². The van der Waals surface area contributed by atoms with Crippen molar-refractivity contribution in [2.45, 2.75) is 25.9 Å². The number of nitrogens with one attached hydrogen (secondary N) is 1.